The minimum atomic E-state index is -1.19. The molecule has 0 saturated heterocycles. The molecule has 0 aliphatic heterocycles. The number of nitrogens with one attached hydrogen (secondary N) is 1. The number of hydrogen-bond acceptors (Lipinski definition) is 3. The normalized spacial score (nSPS) is 10.8. The number of phenols is 1. The summed E-state index contributed by atoms with van der Waals surface area (Å²) < 4.78 is 0. The van der Waals surface area contributed by atoms with Crippen LogP contribution in [-0.2, 0) is 4.79 Å². The third-order valence-corrected chi connectivity index (χ3v) is 5.02. The van der Waals surface area contributed by atoms with E-state index in [-0.39, 0.29) is 17.2 Å². The van der Waals surface area contributed by atoms with Gasteiger partial charge >= 0.3 is 5.97 Å². The first-order valence-electron chi connectivity index (χ1n) is 10.9. The number of amides is 1. The van der Waals surface area contributed by atoms with Gasteiger partial charge in [-0.3, -0.25) is 4.79 Å². The molecule has 0 fully saturated rings. The van der Waals surface area contributed by atoms with E-state index in [2.05, 4.69) is 12.2 Å². The second-order valence-electron chi connectivity index (χ2n) is 7.58. The van der Waals surface area contributed by atoms with Crippen LogP contribution in [0.15, 0.2) is 18.2 Å². The smallest absolute Gasteiger partial charge is 0.339 e. The van der Waals surface area contributed by atoms with Crippen LogP contribution in [-0.4, -0.2) is 22.1 Å². The number of unbranched alkanes of at least 4 members (excludes halogenated alkanes) is 12. The van der Waals surface area contributed by atoms with Gasteiger partial charge in [0.2, 0.25) is 5.91 Å². The highest BCUT2D eigenvalue weighted by Crippen LogP contribution is 2.22. The molecule has 5 heteroatoms. The zero-order valence-corrected chi connectivity index (χ0v) is 17.3. The number of hydrogen-bond donors (Lipinski definition) is 3. The van der Waals surface area contributed by atoms with Crippen molar-refractivity contribution >= 4 is 17.6 Å². The van der Waals surface area contributed by atoms with Gasteiger partial charge in [-0.2, -0.15) is 0 Å². The van der Waals surface area contributed by atoms with E-state index in [0.717, 1.165) is 19.3 Å². The van der Waals surface area contributed by atoms with Crippen LogP contribution in [0.3, 0.4) is 0 Å². The molecule has 0 spiro atoms. The van der Waals surface area contributed by atoms with E-state index in [0.29, 0.717) is 12.1 Å². The van der Waals surface area contributed by atoms with Crippen LogP contribution in [0.25, 0.3) is 0 Å². The number of benzene rings is 1. The Labute approximate surface area is 169 Å². The molecule has 0 unspecified atom stereocenters. The Kier molecular flexibility index (Phi) is 12.8. The molecule has 1 amide bonds. The van der Waals surface area contributed by atoms with E-state index in [1.807, 2.05) is 0 Å². The molecule has 0 heterocycles. The summed E-state index contributed by atoms with van der Waals surface area (Å²) in [4.78, 5) is 22.8. The molecule has 5 nitrogen and oxygen atoms in total. The maximum Gasteiger partial charge on any atom is 0.339 e. The van der Waals surface area contributed by atoms with Crippen LogP contribution in [0.5, 0.6) is 5.75 Å². The van der Waals surface area contributed by atoms with Crippen molar-refractivity contribution in [1.29, 1.82) is 0 Å². The molecule has 0 aromatic heterocycles. The Morgan fingerprint density at radius 2 is 1.32 bits per heavy atom. The van der Waals surface area contributed by atoms with Crippen molar-refractivity contribution < 1.29 is 19.8 Å². The number of rotatable bonds is 16. The summed E-state index contributed by atoms with van der Waals surface area (Å²) in [6, 6.07) is 4.05. The Hall–Kier alpha value is -2.04. The summed E-state index contributed by atoms with van der Waals surface area (Å²) in [5, 5.41) is 21.2. The highest BCUT2D eigenvalue weighted by Gasteiger charge is 2.10. The molecule has 1 aromatic rings. The predicted octanol–water partition coefficient (Wildman–Crippen LogP) is 6.51. The van der Waals surface area contributed by atoms with Gasteiger partial charge in [0.05, 0.1) is 0 Å². The predicted molar refractivity (Wildman–Crippen MR) is 114 cm³/mol. The minimum Gasteiger partial charge on any atom is -0.507 e. The Morgan fingerprint density at radius 3 is 1.79 bits per heavy atom. The zero-order valence-electron chi connectivity index (χ0n) is 17.3. The lowest BCUT2D eigenvalue weighted by atomic mass is 10.0. The second-order valence-corrected chi connectivity index (χ2v) is 7.58. The van der Waals surface area contributed by atoms with Crippen molar-refractivity contribution in [2.24, 2.45) is 0 Å². The van der Waals surface area contributed by atoms with Gasteiger partial charge in [-0.05, 0) is 18.6 Å². The van der Waals surface area contributed by atoms with E-state index in [9.17, 15) is 14.7 Å². The average molecular weight is 392 g/mol. The summed E-state index contributed by atoms with van der Waals surface area (Å²) in [7, 11) is 0. The van der Waals surface area contributed by atoms with Crippen LogP contribution >= 0.6 is 0 Å². The van der Waals surface area contributed by atoms with Crippen molar-refractivity contribution in [3.63, 3.8) is 0 Å². The van der Waals surface area contributed by atoms with Crippen LogP contribution < -0.4 is 5.32 Å². The zero-order chi connectivity index (χ0) is 20.6. The highest BCUT2D eigenvalue weighted by atomic mass is 16.4. The SMILES string of the molecule is CCCCCCCCCCCCCCCC(=O)Nc1ccc(C(=O)O)c(O)c1. The van der Waals surface area contributed by atoms with Gasteiger partial charge < -0.3 is 15.5 Å². The Balaban J connectivity index is 2.00. The van der Waals surface area contributed by atoms with Gasteiger partial charge in [-0.15, -0.1) is 0 Å². The molecule has 158 valence electrons. The molecule has 0 radical (unpaired) electrons. The van der Waals surface area contributed by atoms with E-state index < -0.39 is 5.97 Å². The molecule has 1 aromatic carbocycles. The molecular formula is C23H37NO4. The second kappa shape index (κ2) is 14.9. The summed E-state index contributed by atoms with van der Waals surface area (Å²) in [6.45, 7) is 2.25. The largest absolute Gasteiger partial charge is 0.507 e. The lowest BCUT2D eigenvalue weighted by molar-refractivity contribution is -0.116. The number of carbonyl (C=O) groups excluding carboxylic acids is 1. The van der Waals surface area contributed by atoms with Crippen LogP contribution in [0, 0.1) is 0 Å². The molecule has 0 atom stereocenters. The van der Waals surface area contributed by atoms with Gasteiger partial charge in [-0.1, -0.05) is 84.0 Å². The fraction of sp³-hybridized carbons (Fsp3) is 0.652. The van der Waals surface area contributed by atoms with Crippen LogP contribution in [0.4, 0.5) is 5.69 Å². The van der Waals surface area contributed by atoms with Crippen molar-refractivity contribution in [2.45, 2.75) is 96.8 Å². The standard InChI is InChI=1S/C23H37NO4/c1-2-3-4-5-6-7-8-9-10-11-12-13-14-15-22(26)24-19-16-17-20(23(27)28)21(25)18-19/h16-18,25H,2-15H2,1H3,(H,24,26)(H,27,28). The van der Waals surface area contributed by atoms with Gasteiger partial charge in [-0.25, -0.2) is 4.79 Å². The number of carboxylic acid groups (broad SMARTS) is 1. The number of aromatic carboxylic acids is 1. The van der Waals surface area contributed by atoms with Gasteiger partial charge in [0.15, 0.2) is 0 Å². The van der Waals surface area contributed by atoms with E-state index in [1.54, 1.807) is 0 Å². The summed E-state index contributed by atoms with van der Waals surface area (Å²) >= 11 is 0. The number of anilines is 1. The summed E-state index contributed by atoms with van der Waals surface area (Å²) in [6.07, 6.45) is 16.9. The fourth-order valence-electron chi connectivity index (χ4n) is 3.32. The Bertz CT molecular complexity index is 586. The van der Waals surface area contributed by atoms with Crippen molar-refractivity contribution in [2.75, 3.05) is 5.32 Å². The molecule has 0 saturated carbocycles. The quantitative estimate of drug-likeness (QED) is 0.280. The molecule has 0 aliphatic carbocycles. The molecule has 28 heavy (non-hydrogen) atoms. The third kappa shape index (κ3) is 11.0. The molecule has 3 N–H and O–H groups in total. The molecule has 0 aliphatic rings. The fourth-order valence-corrected chi connectivity index (χ4v) is 3.32. The van der Waals surface area contributed by atoms with Gasteiger partial charge in [0, 0.05) is 18.2 Å². The minimum absolute atomic E-state index is 0.106. The van der Waals surface area contributed by atoms with E-state index in [4.69, 9.17) is 5.11 Å². The van der Waals surface area contributed by atoms with Crippen molar-refractivity contribution in [1.82, 2.24) is 0 Å². The molecule has 0 bridgehead atoms. The van der Waals surface area contributed by atoms with Gasteiger partial charge in [0.25, 0.3) is 0 Å². The summed E-state index contributed by atoms with van der Waals surface area (Å²) in [5.41, 5.74) is 0.247. The van der Waals surface area contributed by atoms with Crippen molar-refractivity contribution in [3.8, 4) is 5.75 Å². The first kappa shape index (κ1) is 24.0. The maximum atomic E-state index is 11.9. The lowest BCUT2D eigenvalue weighted by Gasteiger charge is -2.07. The van der Waals surface area contributed by atoms with Crippen molar-refractivity contribution in [3.05, 3.63) is 23.8 Å². The molecular weight excluding hydrogens is 354 g/mol. The molecule has 1 rings (SSSR count). The topological polar surface area (TPSA) is 86.6 Å². The Morgan fingerprint density at radius 1 is 0.821 bits per heavy atom. The first-order chi connectivity index (χ1) is 13.5. The number of carboxylic acids is 1. The van der Waals surface area contributed by atoms with E-state index >= 15 is 0 Å². The first-order valence-corrected chi connectivity index (χ1v) is 10.9. The number of aromatic hydroxyl groups is 1. The van der Waals surface area contributed by atoms with Crippen LogP contribution in [0.2, 0.25) is 0 Å². The van der Waals surface area contributed by atoms with Gasteiger partial charge in [0.1, 0.15) is 11.3 Å². The summed E-state index contributed by atoms with van der Waals surface area (Å²) in [5.74, 6) is -1.64. The maximum absolute atomic E-state index is 11.9. The van der Waals surface area contributed by atoms with Crippen LogP contribution in [0.1, 0.15) is 107 Å². The monoisotopic (exact) mass is 391 g/mol. The highest BCUT2D eigenvalue weighted by molar-refractivity contribution is 5.94. The lowest BCUT2D eigenvalue weighted by Crippen LogP contribution is -2.11. The van der Waals surface area contributed by atoms with E-state index in [1.165, 1.54) is 82.4 Å². The number of carbonyl (C=O) groups is 2. The average Bonchev–Trinajstić information content (AvgIpc) is 2.65. The third-order valence-electron chi connectivity index (χ3n) is 5.02.